The molecular weight excluding hydrogens is 158 g/mol. The molecule has 13 heavy (non-hydrogen) atoms. The lowest BCUT2D eigenvalue weighted by Crippen LogP contribution is -2.03. The van der Waals surface area contributed by atoms with Gasteiger partial charge < -0.3 is 5.32 Å². The Balaban J connectivity index is 2.77. The zero-order valence-electron chi connectivity index (χ0n) is 8.59. The molecule has 0 atom stereocenters. The van der Waals surface area contributed by atoms with Gasteiger partial charge >= 0.3 is 0 Å². The van der Waals surface area contributed by atoms with Crippen molar-refractivity contribution in [3.8, 4) is 0 Å². The predicted molar refractivity (Wildman–Crippen MR) is 58.9 cm³/mol. The SMILES string of the molecule is CNCC=Cc1ccc(C)cc1C. The van der Waals surface area contributed by atoms with E-state index in [1.165, 1.54) is 16.7 Å². The van der Waals surface area contributed by atoms with Gasteiger partial charge in [-0.1, -0.05) is 35.9 Å². The predicted octanol–water partition coefficient (Wildman–Crippen LogP) is 2.54. The molecule has 1 rings (SSSR count). The molecule has 1 nitrogen and oxygen atoms in total. The van der Waals surface area contributed by atoms with Gasteiger partial charge in [-0.3, -0.25) is 0 Å². The van der Waals surface area contributed by atoms with Crippen LogP contribution < -0.4 is 5.32 Å². The van der Waals surface area contributed by atoms with E-state index < -0.39 is 0 Å². The van der Waals surface area contributed by atoms with E-state index in [0.29, 0.717) is 0 Å². The fourth-order valence-electron chi connectivity index (χ4n) is 1.32. The molecule has 0 saturated carbocycles. The number of rotatable bonds is 3. The minimum absolute atomic E-state index is 0.924. The Bertz CT molecular complexity index is 300. The number of aryl methyl sites for hydroxylation is 2. The summed E-state index contributed by atoms with van der Waals surface area (Å²) in [5.74, 6) is 0. The van der Waals surface area contributed by atoms with Crippen molar-refractivity contribution in [3.63, 3.8) is 0 Å². The van der Waals surface area contributed by atoms with Crippen molar-refractivity contribution in [3.05, 3.63) is 41.0 Å². The van der Waals surface area contributed by atoms with Crippen LogP contribution in [0, 0.1) is 13.8 Å². The van der Waals surface area contributed by atoms with Gasteiger partial charge in [-0.05, 0) is 32.0 Å². The topological polar surface area (TPSA) is 12.0 Å². The lowest BCUT2D eigenvalue weighted by molar-refractivity contribution is 0.922. The monoisotopic (exact) mass is 175 g/mol. The highest BCUT2D eigenvalue weighted by molar-refractivity contribution is 5.54. The first kappa shape index (κ1) is 10.0. The smallest absolute Gasteiger partial charge is 0.0135 e. The summed E-state index contributed by atoms with van der Waals surface area (Å²) in [7, 11) is 1.95. The Hall–Kier alpha value is -1.08. The molecule has 0 heterocycles. The van der Waals surface area contributed by atoms with Crippen LogP contribution in [0.5, 0.6) is 0 Å². The van der Waals surface area contributed by atoms with Crippen LogP contribution in [0.1, 0.15) is 16.7 Å². The van der Waals surface area contributed by atoms with Gasteiger partial charge in [0.25, 0.3) is 0 Å². The third-order valence-electron chi connectivity index (χ3n) is 2.04. The molecule has 0 bridgehead atoms. The fraction of sp³-hybridized carbons (Fsp3) is 0.333. The van der Waals surface area contributed by atoms with E-state index in [9.17, 15) is 0 Å². The Morgan fingerprint density at radius 1 is 1.31 bits per heavy atom. The maximum atomic E-state index is 3.08. The van der Waals surface area contributed by atoms with E-state index in [-0.39, 0.29) is 0 Å². The van der Waals surface area contributed by atoms with Gasteiger partial charge in [-0.25, -0.2) is 0 Å². The van der Waals surface area contributed by atoms with Gasteiger partial charge in [0.15, 0.2) is 0 Å². The highest BCUT2D eigenvalue weighted by atomic mass is 14.8. The first-order valence-corrected chi connectivity index (χ1v) is 4.62. The zero-order chi connectivity index (χ0) is 9.68. The summed E-state index contributed by atoms with van der Waals surface area (Å²) < 4.78 is 0. The fourth-order valence-corrected chi connectivity index (χ4v) is 1.32. The van der Waals surface area contributed by atoms with Gasteiger partial charge in [0, 0.05) is 6.54 Å². The second kappa shape index (κ2) is 4.83. The maximum Gasteiger partial charge on any atom is 0.0135 e. The molecule has 70 valence electrons. The molecule has 0 aliphatic heterocycles. The van der Waals surface area contributed by atoms with Gasteiger partial charge in [0.1, 0.15) is 0 Å². The lowest BCUT2D eigenvalue weighted by Gasteiger charge is -2.01. The normalized spacial score (nSPS) is 11.0. The summed E-state index contributed by atoms with van der Waals surface area (Å²) in [5, 5.41) is 3.08. The summed E-state index contributed by atoms with van der Waals surface area (Å²) in [6.45, 7) is 5.19. The second-order valence-electron chi connectivity index (χ2n) is 3.32. The summed E-state index contributed by atoms with van der Waals surface area (Å²) in [6.07, 6.45) is 4.29. The molecule has 1 N–H and O–H groups in total. The molecule has 1 aromatic carbocycles. The minimum Gasteiger partial charge on any atom is -0.316 e. The van der Waals surface area contributed by atoms with Crippen LogP contribution in [0.2, 0.25) is 0 Å². The van der Waals surface area contributed by atoms with Crippen LogP contribution in [0.3, 0.4) is 0 Å². The third-order valence-corrected chi connectivity index (χ3v) is 2.04. The van der Waals surface area contributed by atoms with Crippen LogP contribution >= 0.6 is 0 Å². The number of likely N-dealkylation sites (N-methyl/N-ethyl adjacent to an activating group) is 1. The Labute approximate surface area is 80.5 Å². The van der Waals surface area contributed by atoms with E-state index in [4.69, 9.17) is 0 Å². The van der Waals surface area contributed by atoms with Crippen molar-refractivity contribution >= 4 is 6.08 Å². The summed E-state index contributed by atoms with van der Waals surface area (Å²) in [6, 6.07) is 6.52. The first-order chi connectivity index (χ1) is 6.24. The highest BCUT2D eigenvalue weighted by Gasteiger charge is 1.92. The average molecular weight is 175 g/mol. The molecule has 0 unspecified atom stereocenters. The standard InChI is InChI=1S/C12H17N/c1-10-6-7-12(11(2)9-10)5-4-8-13-3/h4-7,9,13H,8H2,1-3H3. The minimum atomic E-state index is 0.924. The van der Waals surface area contributed by atoms with Crippen molar-refractivity contribution in [2.75, 3.05) is 13.6 Å². The van der Waals surface area contributed by atoms with Crippen LogP contribution in [-0.4, -0.2) is 13.6 Å². The van der Waals surface area contributed by atoms with Crippen LogP contribution in [0.4, 0.5) is 0 Å². The number of nitrogens with one attached hydrogen (secondary N) is 1. The largest absolute Gasteiger partial charge is 0.316 e. The lowest BCUT2D eigenvalue weighted by atomic mass is 10.1. The van der Waals surface area contributed by atoms with E-state index in [1.807, 2.05) is 7.05 Å². The molecule has 0 amide bonds. The van der Waals surface area contributed by atoms with Crippen molar-refractivity contribution in [1.29, 1.82) is 0 Å². The molecule has 0 spiro atoms. The third kappa shape index (κ3) is 3.03. The number of hydrogen-bond acceptors (Lipinski definition) is 1. The Morgan fingerprint density at radius 3 is 2.69 bits per heavy atom. The quantitative estimate of drug-likeness (QED) is 0.744. The molecule has 0 saturated heterocycles. The van der Waals surface area contributed by atoms with Crippen molar-refractivity contribution < 1.29 is 0 Å². The molecule has 1 aromatic rings. The highest BCUT2D eigenvalue weighted by Crippen LogP contribution is 2.11. The van der Waals surface area contributed by atoms with Crippen molar-refractivity contribution in [1.82, 2.24) is 5.32 Å². The van der Waals surface area contributed by atoms with Gasteiger partial charge in [0.2, 0.25) is 0 Å². The summed E-state index contributed by atoms with van der Waals surface area (Å²) in [4.78, 5) is 0. The summed E-state index contributed by atoms with van der Waals surface area (Å²) >= 11 is 0. The number of hydrogen-bond donors (Lipinski definition) is 1. The average Bonchev–Trinajstić information content (AvgIpc) is 2.09. The Morgan fingerprint density at radius 2 is 2.08 bits per heavy atom. The molecule has 0 aromatic heterocycles. The van der Waals surface area contributed by atoms with Gasteiger partial charge in [0.05, 0.1) is 0 Å². The molecular formula is C12H17N. The van der Waals surface area contributed by atoms with E-state index in [0.717, 1.165) is 6.54 Å². The molecule has 0 radical (unpaired) electrons. The van der Waals surface area contributed by atoms with Crippen molar-refractivity contribution in [2.45, 2.75) is 13.8 Å². The van der Waals surface area contributed by atoms with Crippen LogP contribution in [0.15, 0.2) is 24.3 Å². The molecule has 1 heteroatoms. The Kier molecular flexibility index (Phi) is 3.71. The maximum absolute atomic E-state index is 3.08. The van der Waals surface area contributed by atoms with Gasteiger partial charge in [-0.15, -0.1) is 0 Å². The van der Waals surface area contributed by atoms with E-state index in [2.05, 4.69) is 49.5 Å². The summed E-state index contributed by atoms with van der Waals surface area (Å²) in [5.41, 5.74) is 3.97. The van der Waals surface area contributed by atoms with Gasteiger partial charge in [-0.2, -0.15) is 0 Å². The van der Waals surface area contributed by atoms with E-state index >= 15 is 0 Å². The number of benzene rings is 1. The molecule has 0 fully saturated rings. The first-order valence-electron chi connectivity index (χ1n) is 4.62. The van der Waals surface area contributed by atoms with Crippen LogP contribution in [0.25, 0.3) is 6.08 Å². The van der Waals surface area contributed by atoms with Crippen molar-refractivity contribution in [2.24, 2.45) is 0 Å². The second-order valence-corrected chi connectivity index (χ2v) is 3.32. The molecule has 0 aliphatic carbocycles. The van der Waals surface area contributed by atoms with E-state index in [1.54, 1.807) is 0 Å². The van der Waals surface area contributed by atoms with Crippen LogP contribution in [-0.2, 0) is 0 Å². The molecule has 0 aliphatic rings. The zero-order valence-corrected chi connectivity index (χ0v) is 8.59.